The van der Waals surface area contributed by atoms with Crippen molar-refractivity contribution in [1.82, 2.24) is 0 Å². The molecule has 0 unspecified atom stereocenters. The number of hydrogen-bond acceptors (Lipinski definition) is 4. The highest BCUT2D eigenvalue weighted by atomic mass is 28.4. The van der Waals surface area contributed by atoms with Crippen LogP contribution < -0.4 is 0 Å². The first-order valence-electron chi connectivity index (χ1n) is 7.24. The molecule has 0 saturated heterocycles. The molecule has 23 heavy (non-hydrogen) atoms. The molecule has 0 fully saturated rings. The minimum atomic E-state index is -2.28. The van der Waals surface area contributed by atoms with Crippen LogP contribution in [0.2, 0.25) is 19.6 Å². The zero-order valence-corrected chi connectivity index (χ0v) is 17.7. The van der Waals surface area contributed by atoms with Gasteiger partial charge < -0.3 is 17.7 Å². The highest BCUT2D eigenvalue weighted by Crippen LogP contribution is 2.15. The summed E-state index contributed by atoms with van der Waals surface area (Å²) in [4.78, 5) is 0. The Morgan fingerprint density at radius 3 is 1.09 bits per heavy atom. The summed E-state index contributed by atoms with van der Waals surface area (Å²) in [5, 5.41) is 0. The number of hydrogen-bond donors (Lipinski definition) is 0. The van der Waals surface area contributed by atoms with E-state index >= 15 is 0 Å². The lowest BCUT2D eigenvalue weighted by atomic mass is 10.7. The summed E-state index contributed by atoms with van der Waals surface area (Å²) < 4.78 is 21.7. The molecule has 0 amide bonds. The van der Waals surface area contributed by atoms with Crippen molar-refractivity contribution in [3.05, 3.63) is 61.6 Å². The van der Waals surface area contributed by atoms with Crippen LogP contribution in [0.3, 0.4) is 0 Å². The molecule has 0 radical (unpaired) electrons. The van der Waals surface area contributed by atoms with E-state index in [1.54, 1.807) is 19.5 Å². The van der Waals surface area contributed by atoms with E-state index in [2.05, 4.69) is 32.9 Å². The van der Waals surface area contributed by atoms with Crippen molar-refractivity contribution in [2.75, 3.05) is 0 Å². The molecule has 0 N–H and O–H groups in total. The molecular weight excluding hydrogens is 324 g/mol. The molecule has 0 aromatic heterocycles. The van der Waals surface area contributed by atoms with Crippen LogP contribution in [-0.4, -0.2) is 17.1 Å². The molecular formula is C17H32O4Si2. The van der Waals surface area contributed by atoms with Gasteiger partial charge in [0.25, 0.3) is 0 Å². The molecule has 0 aromatic rings. The molecule has 0 atom stereocenters. The van der Waals surface area contributed by atoms with Crippen molar-refractivity contribution in [2.45, 2.75) is 47.3 Å². The van der Waals surface area contributed by atoms with Crippen molar-refractivity contribution < 1.29 is 17.7 Å². The molecule has 0 bridgehead atoms. The van der Waals surface area contributed by atoms with Gasteiger partial charge in [-0.05, 0) is 33.4 Å². The van der Waals surface area contributed by atoms with E-state index in [0.717, 1.165) is 0 Å². The lowest BCUT2D eigenvalue weighted by Crippen LogP contribution is -2.35. The highest BCUT2D eigenvalue weighted by molar-refractivity contribution is 6.71. The van der Waals surface area contributed by atoms with Gasteiger partial charge in [-0.1, -0.05) is 26.3 Å². The standard InChI is InChI=1S/C9H16O2Si.C8H16O2Si/c1-7-12(6,10-8(2)3)11-9(4)5;1-7(2)9-11(5,6)10-8(3)4/h7H,1-2,4H2,3,5-6H3;1,3H2,2,4-6H3. The molecule has 0 saturated carbocycles. The van der Waals surface area contributed by atoms with E-state index in [1.807, 2.05) is 33.5 Å². The summed E-state index contributed by atoms with van der Waals surface area (Å²) in [6.07, 6.45) is 0. The Labute approximate surface area is 144 Å². The third kappa shape index (κ3) is 15.0. The van der Waals surface area contributed by atoms with Crippen LogP contribution in [0.25, 0.3) is 0 Å². The summed E-state index contributed by atoms with van der Waals surface area (Å²) in [5.74, 6) is 2.68. The first-order valence-corrected chi connectivity index (χ1v) is 12.5. The summed E-state index contributed by atoms with van der Waals surface area (Å²) in [5.41, 5.74) is 1.70. The van der Waals surface area contributed by atoms with Crippen LogP contribution in [-0.2, 0) is 17.7 Å². The zero-order chi connectivity index (χ0) is 18.8. The fraction of sp³-hybridized carbons (Fsp3) is 0.412. The molecule has 132 valence electrons. The maximum absolute atomic E-state index is 5.44. The lowest BCUT2D eigenvalue weighted by molar-refractivity contribution is 0.277. The van der Waals surface area contributed by atoms with Crippen LogP contribution >= 0.6 is 0 Å². The van der Waals surface area contributed by atoms with E-state index in [9.17, 15) is 0 Å². The number of allylic oxidation sites excluding steroid dienone is 4. The van der Waals surface area contributed by atoms with Gasteiger partial charge in [0.15, 0.2) is 0 Å². The lowest BCUT2D eigenvalue weighted by Gasteiger charge is -2.24. The van der Waals surface area contributed by atoms with Crippen LogP contribution in [0, 0.1) is 0 Å². The molecule has 0 spiro atoms. The van der Waals surface area contributed by atoms with Gasteiger partial charge in [-0.25, -0.2) is 0 Å². The Morgan fingerprint density at radius 2 is 0.913 bits per heavy atom. The van der Waals surface area contributed by atoms with E-state index in [0.29, 0.717) is 23.0 Å². The quantitative estimate of drug-likeness (QED) is 0.394. The van der Waals surface area contributed by atoms with Crippen molar-refractivity contribution in [2.24, 2.45) is 0 Å². The van der Waals surface area contributed by atoms with Crippen LogP contribution in [0.1, 0.15) is 27.7 Å². The molecule has 0 rings (SSSR count). The molecule has 0 aliphatic carbocycles. The van der Waals surface area contributed by atoms with Crippen LogP contribution in [0.4, 0.5) is 0 Å². The van der Waals surface area contributed by atoms with Gasteiger partial charge in [0.05, 0.1) is 23.0 Å². The summed E-state index contributed by atoms with van der Waals surface area (Å²) >= 11 is 0. The highest BCUT2D eigenvalue weighted by Gasteiger charge is 2.31. The Kier molecular flexibility index (Phi) is 10.4. The van der Waals surface area contributed by atoms with Gasteiger partial charge in [0.1, 0.15) is 0 Å². The summed E-state index contributed by atoms with van der Waals surface area (Å²) in [6, 6.07) is 0. The average molecular weight is 357 g/mol. The minimum absolute atomic E-state index is 0.644. The van der Waals surface area contributed by atoms with Crippen LogP contribution in [0.15, 0.2) is 61.6 Å². The zero-order valence-electron chi connectivity index (χ0n) is 15.7. The topological polar surface area (TPSA) is 36.9 Å². The summed E-state index contributed by atoms with van der Waals surface area (Å²) in [7, 11) is -4.31. The van der Waals surface area contributed by atoms with Crippen molar-refractivity contribution >= 4 is 17.1 Å². The second kappa shape index (κ2) is 10.2. The van der Waals surface area contributed by atoms with Crippen LogP contribution in [0.5, 0.6) is 0 Å². The van der Waals surface area contributed by atoms with E-state index in [4.69, 9.17) is 17.7 Å². The Balaban J connectivity index is 0. The molecule has 0 aliphatic rings. The third-order valence-electron chi connectivity index (χ3n) is 1.96. The normalized spacial score (nSPS) is 10.4. The largest absolute Gasteiger partial charge is 0.517 e. The second-order valence-corrected chi connectivity index (χ2v) is 11.9. The van der Waals surface area contributed by atoms with Gasteiger partial charge in [-0.2, -0.15) is 0 Å². The molecule has 0 heterocycles. The monoisotopic (exact) mass is 356 g/mol. The smallest absolute Gasteiger partial charge is 0.483 e. The molecule has 6 heteroatoms. The fourth-order valence-electron chi connectivity index (χ4n) is 1.66. The van der Waals surface area contributed by atoms with Gasteiger partial charge in [0, 0.05) is 19.6 Å². The van der Waals surface area contributed by atoms with Gasteiger partial charge in [-0.15, -0.1) is 6.58 Å². The maximum Gasteiger partial charge on any atom is 0.483 e. The average Bonchev–Trinajstić information content (AvgIpc) is 2.23. The van der Waals surface area contributed by atoms with Gasteiger partial charge in [0.2, 0.25) is 0 Å². The molecule has 4 nitrogen and oxygen atoms in total. The van der Waals surface area contributed by atoms with Gasteiger partial charge in [-0.3, -0.25) is 0 Å². The fourth-order valence-corrected chi connectivity index (χ4v) is 4.97. The van der Waals surface area contributed by atoms with Crippen molar-refractivity contribution in [1.29, 1.82) is 0 Å². The Bertz CT molecular complexity index is 433. The van der Waals surface area contributed by atoms with E-state index in [-0.39, 0.29) is 0 Å². The minimum Gasteiger partial charge on any atom is -0.517 e. The maximum atomic E-state index is 5.44. The first-order chi connectivity index (χ1) is 10.2. The Hall–Kier alpha value is -1.67. The predicted octanol–water partition coefficient (Wildman–Crippen LogP) is 5.67. The van der Waals surface area contributed by atoms with Crippen molar-refractivity contribution in [3.8, 4) is 0 Å². The second-order valence-electron chi connectivity index (χ2n) is 5.84. The molecule has 0 aromatic carbocycles. The van der Waals surface area contributed by atoms with Crippen molar-refractivity contribution in [3.63, 3.8) is 0 Å². The first kappa shape index (κ1) is 23.6. The predicted molar refractivity (Wildman–Crippen MR) is 103 cm³/mol. The third-order valence-corrected chi connectivity index (χ3v) is 5.89. The number of rotatable bonds is 9. The molecule has 0 aliphatic heterocycles. The SMILES string of the molecule is C=C(C)O[Si](C)(C)OC(=C)C.C=C[Si](C)(OC(=C)C)OC(=C)C. The van der Waals surface area contributed by atoms with E-state index < -0.39 is 17.1 Å². The Morgan fingerprint density at radius 1 is 0.652 bits per heavy atom. The van der Waals surface area contributed by atoms with Gasteiger partial charge >= 0.3 is 17.1 Å². The summed E-state index contributed by atoms with van der Waals surface area (Å²) in [6.45, 7) is 31.3. The van der Waals surface area contributed by atoms with E-state index in [1.165, 1.54) is 0 Å².